The largest absolute Gasteiger partial charge is 0.319 e. The third-order valence-corrected chi connectivity index (χ3v) is 4.83. The number of nitrogens with zero attached hydrogens (tertiary/aromatic N) is 2. The SMILES string of the molecule is Cc1ccc(C2NC(CC(C)C)C(=O)N2CCN(C)C)s1. The number of amides is 1. The fraction of sp³-hybridized carbons (Fsp3) is 0.688. The second-order valence-corrected chi connectivity index (χ2v) is 7.85. The molecule has 2 atom stereocenters. The van der Waals surface area contributed by atoms with E-state index in [0.717, 1.165) is 19.5 Å². The number of hydrogen-bond acceptors (Lipinski definition) is 4. The standard InChI is InChI=1S/C16H27N3OS/c1-11(2)10-13-16(20)19(9-8-18(4)5)15(17-13)14-7-6-12(3)21-14/h6-7,11,13,15,17H,8-10H2,1-5H3. The summed E-state index contributed by atoms with van der Waals surface area (Å²) in [5.41, 5.74) is 0. The Labute approximate surface area is 132 Å². The smallest absolute Gasteiger partial charge is 0.241 e. The van der Waals surface area contributed by atoms with Crippen molar-refractivity contribution in [1.82, 2.24) is 15.1 Å². The fourth-order valence-corrected chi connectivity index (χ4v) is 3.65. The Morgan fingerprint density at radius 3 is 2.62 bits per heavy atom. The van der Waals surface area contributed by atoms with Gasteiger partial charge in [0, 0.05) is 22.8 Å². The predicted molar refractivity (Wildman–Crippen MR) is 88.4 cm³/mol. The van der Waals surface area contributed by atoms with E-state index in [2.05, 4.69) is 43.1 Å². The zero-order valence-corrected chi connectivity index (χ0v) is 14.5. The van der Waals surface area contributed by atoms with E-state index >= 15 is 0 Å². The zero-order chi connectivity index (χ0) is 15.6. The molecule has 1 N–H and O–H groups in total. The molecule has 118 valence electrons. The van der Waals surface area contributed by atoms with E-state index in [4.69, 9.17) is 0 Å². The zero-order valence-electron chi connectivity index (χ0n) is 13.7. The minimum atomic E-state index is -0.0421. The van der Waals surface area contributed by atoms with Crippen molar-refractivity contribution in [3.63, 3.8) is 0 Å². The number of aryl methyl sites for hydroxylation is 1. The van der Waals surface area contributed by atoms with Gasteiger partial charge in [0.2, 0.25) is 5.91 Å². The second kappa shape index (κ2) is 6.90. The molecule has 1 aromatic rings. The number of rotatable bonds is 6. The van der Waals surface area contributed by atoms with Gasteiger partial charge in [0.1, 0.15) is 6.17 Å². The lowest BCUT2D eigenvalue weighted by molar-refractivity contribution is -0.130. The number of nitrogens with one attached hydrogen (secondary N) is 1. The Balaban J connectivity index is 2.16. The van der Waals surface area contributed by atoms with Crippen molar-refractivity contribution in [1.29, 1.82) is 0 Å². The molecule has 2 unspecified atom stereocenters. The van der Waals surface area contributed by atoms with Crippen molar-refractivity contribution in [3.8, 4) is 0 Å². The maximum Gasteiger partial charge on any atom is 0.241 e. The minimum Gasteiger partial charge on any atom is -0.319 e. The molecule has 2 heterocycles. The Hall–Kier alpha value is -0.910. The molecular weight excluding hydrogens is 282 g/mol. The van der Waals surface area contributed by atoms with Gasteiger partial charge in [0.05, 0.1) is 6.04 Å². The van der Waals surface area contributed by atoms with Crippen LogP contribution in [0.25, 0.3) is 0 Å². The van der Waals surface area contributed by atoms with Crippen molar-refractivity contribution < 1.29 is 4.79 Å². The molecule has 0 radical (unpaired) electrons. The molecule has 2 rings (SSSR count). The van der Waals surface area contributed by atoms with Crippen molar-refractivity contribution in [2.24, 2.45) is 5.92 Å². The maximum absolute atomic E-state index is 12.7. The topological polar surface area (TPSA) is 35.6 Å². The van der Waals surface area contributed by atoms with Crippen LogP contribution in [0.5, 0.6) is 0 Å². The first-order chi connectivity index (χ1) is 9.88. The van der Waals surface area contributed by atoms with Gasteiger partial charge in [-0.25, -0.2) is 0 Å². The van der Waals surface area contributed by atoms with Gasteiger partial charge in [0.25, 0.3) is 0 Å². The fourth-order valence-electron chi connectivity index (χ4n) is 2.70. The molecule has 1 aromatic heterocycles. The summed E-state index contributed by atoms with van der Waals surface area (Å²) in [7, 11) is 4.09. The molecule has 0 aromatic carbocycles. The minimum absolute atomic E-state index is 0.0416. The molecule has 21 heavy (non-hydrogen) atoms. The van der Waals surface area contributed by atoms with E-state index in [0.29, 0.717) is 5.92 Å². The van der Waals surface area contributed by atoms with Gasteiger partial charge in [-0.2, -0.15) is 0 Å². The Morgan fingerprint density at radius 1 is 1.38 bits per heavy atom. The lowest BCUT2D eigenvalue weighted by Crippen LogP contribution is -2.36. The van der Waals surface area contributed by atoms with Crippen molar-refractivity contribution in [3.05, 3.63) is 21.9 Å². The van der Waals surface area contributed by atoms with Crippen LogP contribution in [0.15, 0.2) is 12.1 Å². The van der Waals surface area contributed by atoms with E-state index in [1.165, 1.54) is 9.75 Å². The number of hydrogen-bond donors (Lipinski definition) is 1. The summed E-state index contributed by atoms with van der Waals surface area (Å²) in [5.74, 6) is 0.771. The highest BCUT2D eigenvalue weighted by atomic mass is 32.1. The number of thiophene rings is 1. The Bertz CT molecular complexity index is 484. The average molecular weight is 309 g/mol. The van der Waals surface area contributed by atoms with Gasteiger partial charge >= 0.3 is 0 Å². The number of likely N-dealkylation sites (N-methyl/N-ethyl adjacent to an activating group) is 1. The third kappa shape index (κ3) is 4.05. The van der Waals surface area contributed by atoms with Crippen LogP contribution in [0, 0.1) is 12.8 Å². The first-order valence-electron chi connectivity index (χ1n) is 7.66. The molecule has 5 heteroatoms. The summed E-state index contributed by atoms with van der Waals surface area (Å²) in [6, 6.07) is 4.23. The summed E-state index contributed by atoms with van der Waals surface area (Å²) in [5, 5.41) is 3.54. The number of carbonyl (C=O) groups is 1. The van der Waals surface area contributed by atoms with Crippen LogP contribution >= 0.6 is 11.3 Å². The molecular formula is C16H27N3OS. The van der Waals surface area contributed by atoms with Crippen LogP contribution in [-0.2, 0) is 4.79 Å². The molecule has 1 aliphatic rings. The molecule has 1 amide bonds. The summed E-state index contributed by atoms with van der Waals surface area (Å²) < 4.78 is 0. The lowest BCUT2D eigenvalue weighted by atomic mass is 10.0. The van der Waals surface area contributed by atoms with E-state index in [-0.39, 0.29) is 18.1 Å². The van der Waals surface area contributed by atoms with Crippen LogP contribution in [0.1, 0.15) is 36.2 Å². The summed E-state index contributed by atoms with van der Waals surface area (Å²) in [6.07, 6.45) is 0.943. The molecule has 1 fully saturated rings. The molecule has 0 bridgehead atoms. The van der Waals surface area contributed by atoms with E-state index in [1.54, 1.807) is 11.3 Å². The van der Waals surface area contributed by atoms with Gasteiger partial charge in [-0.15, -0.1) is 11.3 Å². The van der Waals surface area contributed by atoms with Crippen molar-refractivity contribution in [2.75, 3.05) is 27.2 Å². The summed E-state index contributed by atoms with van der Waals surface area (Å²) >= 11 is 1.78. The normalized spacial score (nSPS) is 22.8. The molecule has 4 nitrogen and oxygen atoms in total. The van der Waals surface area contributed by atoms with Gasteiger partial charge in [-0.05, 0) is 45.5 Å². The third-order valence-electron chi connectivity index (χ3n) is 3.78. The van der Waals surface area contributed by atoms with Crippen molar-refractivity contribution >= 4 is 17.2 Å². The highest BCUT2D eigenvalue weighted by Gasteiger charge is 2.39. The van der Waals surface area contributed by atoms with Crippen molar-refractivity contribution in [2.45, 2.75) is 39.4 Å². The van der Waals surface area contributed by atoms with Gasteiger partial charge < -0.3 is 9.80 Å². The second-order valence-electron chi connectivity index (χ2n) is 6.53. The molecule has 1 saturated heterocycles. The van der Waals surface area contributed by atoms with Crippen LogP contribution in [0.4, 0.5) is 0 Å². The number of carbonyl (C=O) groups excluding carboxylic acids is 1. The first-order valence-corrected chi connectivity index (χ1v) is 8.47. The lowest BCUT2D eigenvalue weighted by Gasteiger charge is -2.24. The summed E-state index contributed by atoms with van der Waals surface area (Å²) in [6.45, 7) is 8.11. The molecule has 0 spiro atoms. The Kier molecular flexibility index (Phi) is 5.41. The average Bonchev–Trinajstić information content (AvgIpc) is 2.92. The van der Waals surface area contributed by atoms with Gasteiger partial charge in [0.15, 0.2) is 0 Å². The molecule has 0 aliphatic carbocycles. The van der Waals surface area contributed by atoms with Crippen LogP contribution in [0.2, 0.25) is 0 Å². The van der Waals surface area contributed by atoms with Crippen LogP contribution < -0.4 is 5.32 Å². The van der Waals surface area contributed by atoms with E-state index in [1.807, 2.05) is 19.0 Å². The first kappa shape index (κ1) is 16.5. The van der Waals surface area contributed by atoms with Gasteiger partial charge in [-0.3, -0.25) is 10.1 Å². The molecule has 0 saturated carbocycles. The van der Waals surface area contributed by atoms with Crippen LogP contribution in [-0.4, -0.2) is 48.9 Å². The highest BCUT2D eigenvalue weighted by molar-refractivity contribution is 7.12. The Morgan fingerprint density at radius 2 is 2.10 bits per heavy atom. The highest BCUT2D eigenvalue weighted by Crippen LogP contribution is 2.31. The monoisotopic (exact) mass is 309 g/mol. The quantitative estimate of drug-likeness (QED) is 0.877. The van der Waals surface area contributed by atoms with Crippen LogP contribution in [0.3, 0.4) is 0 Å². The maximum atomic E-state index is 12.7. The van der Waals surface area contributed by atoms with E-state index in [9.17, 15) is 4.79 Å². The predicted octanol–water partition coefficient (Wildman–Crippen LogP) is 2.46. The molecule has 1 aliphatic heterocycles. The van der Waals surface area contributed by atoms with E-state index < -0.39 is 0 Å². The van der Waals surface area contributed by atoms with Gasteiger partial charge in [-0.1, -0.05) is 13.8 Å². The summed E-state index contributed by atoms with van der Waals surface area (Å²) in [4.78, 5) is 19.4.